The second-order valence-corrected chi connectivity index (χ2v) is 14.0. The first-order valence-electron chi connectivity index (χ1n) is 21.1. The fourth-order valence-electron chi connectivity index (χ4n) is 7.99. The molecule has 2 aromatic heterocycles. The summed E-state index contributed by atoms with van der Waals surface area (Å²) in [4.78, 5) is 15.1. The van der Waals surface area contributed by atoms with E-state index in [1.807, 2.05) is 97.1 Å². The molecule has 0 bridgehead atoms. The van der Waals surface area contributed by atoms with Crippen molar-refractivity contribution >= 4 is 21.9 Å². The van der Waals surface area contributed by atoms with E-state index in [1.54, 1.807) is 0 Å². The van der Waals surface area contributed by atoms with E-state index in [-0.39, 0.29) is 29.7 Å². The summed E-state index contributed by atoms with van der Waals surface area (Å²) in [5, 5.41) is 2.09. The van der Waals surface area contributed by atoms with Crippen LogP contribution in [0.1, 0.15) is 18.0 Å². The fraction of sp³-hybridized carbons (Fsp3) is 0.0192. The van der Waals surface area contributed by atoms with Crippen LogP contribution in [-0.4, -0.2) is 15.0 Å². The van der Waals surface area contributed by atoms with Crippen molar-refractivity contribution in [1.29, 1.82) is 0 Å². The normalized spacial score (nSPS) is 13.1. The minimum absolute atomic E-state index is 0.199. The molecular formula is C52H33N3O. The number of hydrogen-bond donors (Lipinski definition) is 0. The average molecular weight is 721 g/mol. The molecule has 0 spiro atoms. The highest BCUT2D eigenvalue weighted by atomic mass is 16.3. The Morgan fingerprint density at radius 3 is 1.55 bits per heavy atom. The molecule has 0 saturated heterocycles. The highest BCUT2D eigenvalue weighted by Crippen LogP contribution is 2.45. The zero-order valence-corrected chi connectivity index (χ0v) is 30.0. The summed E-state index contributed by atoms with van der Waals surface area (Å²) in [6.45, 7) is 0. The molecule has 0 radical (unpaired) electrons. The van der Waals surface area contributed by atoms with Crippen molar-refractivity contribution < 1.29 is 11.3 Å². The van der Waals surface area contributed by atoms with Crippen LogP contribution in [0.5, 0.6) is 0 Å². The van der Waals surface area contributed by atoms with Crippen molar-refractivity contribution in [3.8, 4) is 78.7 Å². The maximum absolute atomic E-state index is 8.69. The number of aromatic nitrogens is 3. The van der Waals surface area contributed by atoms with Gasteiger partial charge >= 0.3 is 0 Å². The summed E-state index contributed by atoms with van der Waals surface area (Å²) in [6, 6.07) is 51.5. The van der Waals surface area contributed by atoms with Gasteiger partial charge in [-0.1, -0.05) is 170 Å². The number of hydrogen-bond acceptors (Lipinski definition) is 4. The topological polar surface area (TPSA) is 51.8 Å². The lowest BCUT2D eigenvalue weighted by atomic mass is 9.95. The van der Waals surface area contributed by atoms with E-state index >= 15 is 0 Å². The Kier molecular flexibility index (Phi) is 6.39. The molecule has 10 aromatic rings. The average Bonchev–Trinajstić information content (AvgIpc) is 3.89. The molecule has 11 rings (SSSR count). The Morgan fingerprint density at radius 2 is 0.875 bits per heavy atom. The van der Waals surface area contributed by atoms with Crippen LogP contribution >= 0.6 is 0 Å². The summed E-state index contributed by atoms with van der Waals surface area (Å²) in [6.07, 6.45) is 0.555. The number of nitrogens with zero attached hydrogens (tertiary/aromatic N) is 3. The molecule has 0 fully saturated rings. The Morgan fingerprint density at radius 1 is 0.375 bits per heavy atom. The smallest absolute Gasteiger partial charge is 0.164 e. The van der Waals surface area contributed by atoms with Crippen LogP contribution in [0.2, 0.25) is 0 Å². The summed E-state index contributed by atoms with van der Waals surface area (Å²) >= 11 is 0. The van der Waals surface area contributed by atoms with Crippen LogP contribution < -0.4 is 0 Å². The first-order valence-corrected chi connectivity index (χ1v) is 18.6. The Hall–Kier alpha value is -7.43. The minimum Gasteiger partial charge on any atom is -0.456 e. The lowest BCUT2D eigenvalue weighted by Gasteiger charge is -2.11. The highest BCUT2D eigenvalue weighted by molar-refractivity contribution is 6.05. The van der Waals surface area contributed by atoms with Gasteiger partial charge < -0.3 is 4.42 Å². The van der Waals surface area contributed by atoms with E-state index in [9.17, 15) is 0 Å². The number of benzene rings is 8. The third kappa shape index (κ3) is 5.50. The van der Waals surface area contributed by atoms with E-state index in [0.29, 0.717) is 29.5 Å². The van der Waals surface area contributed by atoms with Crippen LogP contribution in [0.15, 0.2) is 192 Å². The van der Waals surface area contributed by atoms with Gasteiger partial charge in [-0.25, -0.2) is 15.0 Å². The minimum atomic E-state index is -0.397. The molecule has 4 nitrogen and oxygen atoms in total. The van der Waals surface area contributed by atoms with Crippen molar-refractivity contribution in [3.63, 3.8) is 0 Å². The van der Waals surface area contributed by atoms with Crippen molar-refractivity contribution in [1.82, 2.24) is 15.0 Å². The van der Waals surface area contributed by atoms with Crippen LogP contribution in [0, 0.1) is 0 Å². The summed E-state index contributed by atoms with van der Waals surface area (Å²) in [7, 11) is 0. The predicted molar refractivity (Wildman–Crippen MR) is 228 cm³/mol. The van der Waals surface area contributed by atoms with E-state index in [0.717, 1.165) is 83.1 Å². The van der Waals surface area contributed by atoms with Gasteiger partial charge in [0.1, 0.15) is 11.2 Å². The van der Waals surface area contributed by atoms with Crippen LogP contribution in [0.3, 0.4) is 0 Å². The molecule has 1 aliphatic carbocycles. The summed E-state index contributed by atoms with van der Waals surface area (Å²) < 4.78 is 48.4. The number of fused-ring (bicyclic) bond motifs is 6. The molecule has 56 heavy (non-hydrogen) atoms. The molecule has 0 N–H and O–H groups in total. The van der Waals surface area contributed by atoms with Crippen molar-refractivity contribution in [2.45, 2.75) is 6.42 Å². The van der Waals surface area contributed by atoms with Gasteiger partial charge in [0.15, 0.2) is 17.5 Å². The molecular weight excluding hydrogens is 683 g/mol. The van der Waals surface area contributed by atoms with Gasteiger partial charge in [0.2, 0.25) is 0 Å². The van der Waals surface area contributed by atoms with Gasteiger partial charge in [0, 0.05) is 27.5 Å². The van der Waals surface area contributed by atoms with E-state index < -0.39 is 6.04 Å². The lowest BCUT2D eigenvalue weighted by Crippen LogP contribution is -2.00. The lowest BCUT2D eigenvalue weighted by molar-refractivity contribution is 0.669. The van der Waals surface area contributed by atoms with E-state index in [1.165, 1.54) is 0 Å². The summed E-state index contributed by atoms with van der Waals surface area (Å²) in [5.74, 6) is 1.63. The molecule has 0 aliphatic heterocycles. The SMILES string of the molecule is [2H]c1c([2H])c([2H])c(-c2cccc3c2Cc2c(-c4ccc(-c5nc(-c6ccc(-c7ccccc7)cc6)nc(-c6ccc7c(c6)oc6ccccc67)n5)cc4)cccc2-3)c([2H])c1[2H]. The van der Waals surface area contributed by atoms with Gasteiger partial charge in [-0.2, -0.15) is 0 Å². The Bertz CT molecular complexity index is 3350. The largest absolute Gasteiger partial charge is 0.456 e. The van der Waals surface area contributed by atoms with E-state index in [4.69, 9.17) is 26.2 Å². The monoisotopic (exact) mass is 720 g/mol. The van der Waals surface area contributed by atoms with Gasteiger partial charge in [0.05, 0.1) is 6.85 Å². The van der Waals surface area contributed by atoms with Gasteiger partial charge in [0.25, 0.3) is 0 Å². The molecule has 0 saturated carbocycles. The molecule has 8 aromatic carbocycles. The molecule has 4 heteroatoms. The first kappa shape index (κ1) is 27.2. The molecule has 0 unspecified atom stereocenters. The maximum Gasteiger partial charge on any atom is 0.164 e. The molecule has 1 aliphatic rings. The highest BCUT2D eigenvalue weighted by Gasteiger charge is 2.24. The standard InChI is InChI=1S/C52H33N3O/c1-3-11-33(12-4-1)34-21-25-37(26-22-34)50-53-51(55-52(54-50)39-29-30-45-44-15-7-8-20-48(44)56-49(45)31-39)38-27-23-36(24-28-38)41-17-10-19-43-42-18-9-16-40(46(42)32-47(41)43)35-13-5-2-6-14-35/h1-31H,32H2/i2D,5D,6D,13D,14D. The fourth-order valence-corrected chi connectivity index (χ4v) is 7.99. The number of rotatable bonds is 6. The van der Waals surface area contributed by atoms with Crippen molar-refractivity contribution in [2.24, 2.45) is 0 Å². The molecule has 0 amide bonds. The summed E-state index contributed by atoms with van der Waals surface area (Å²) in [5.41, 5.74) is 13.4. The molecule has 2 heterocycles. The third-order valence-corrected chi connectivity index (χ3v) is 10.7. The number of furan rings is 1. The quantitative estimate of drug-likeness (QED) is 0.172. The molecule has 0 atom stereocenters. The van der Waals surface area contributed by atoms with Crippen molar-refractivity contribution in [3.05, 3.63) is 199 Å². The third-order valence-electron chi connectivity index (χ3n) is 10.7. The first-order chi connectivity index (χ1) is 29.8. The zero-order chi connectivity index (χ0) is 41.4. The van der Waals surface area contributed by atoms with Crippen LogP contribution in [0.4, 0.5) is 0 Å². The van der Waals surface area contributed by atoms with Crippen LogP contribution in [0.25, 0.3) is 101 Å². The second kappa shape index (κ2) is 13.2. The Labute approximate surface area is 331 Å². The van der Waals surface area contributed by atoms with Crippen LogP contribution in [-0.2, 0) is 6.42 Å². The van der Waals surface area contributed by atoms with Gasteiger partial charge in [-0.05, 0) is 80.3 Å². The zero-order valence-electron chi connectivity index (χ0n) is 35.0. The predicted octanol–water partition coefficient (Wildman–Crippen LogP) is 13.3. The maximum atomic E-state index is 8.69. The van der Waals surface area contributed by atoms with Crippen molar-refractivity contribution in [2.75, 3.05) is 0 Å². The second-order valence-electron chi connectivity index (χ2n) is 14.0. The van der Waals surface area contributed by atoms with Gasteiger partial charge in [-0.3, -0.25) is 0 Å². The molecule has 262 valence electrons. The van der Waals surface area contributed by atoms with Gasteiger partial charge in [-0.15, -0.1) is 0 Å². The Balaban J connectivity index is 0.979. The van der Waals surface area contributed by atoms with E-state index in [2.05, 4.69) is 60.7 Å². The number of para-hydroxylation sites is 1.